The molecule has 1 saturated heterocycles. The second kappa shape index (κ2) is 6.96. The lowest BCUT2D eigenvalue weighted by Gasteiger charge is -2.41. The second-order valence-electron chi connectivity index (χ2n) is 6.11. The fourth-order valence-corrected chi connectivity index (χ4v) is 3.17. The van der Waals surface area contributed by atoms with Gasteiger partial charge in [0.05, 0.1) is 13.2 Å². The first-order valence-corrected chi connectivity index (χ1v) is 8.19. The largest absolute Gasteiger partial charge is 0.497 e. The van der Waals surface area contributed by atoms with Gasteiger partial charge in [-0.25, -0.2) is 4.98 Å². The van der Waals surface area contributed by atoms with Crippen LogP contribution in [0.2, 0.25) is 0 Å². The van der Waals surface area contributed by atoms with Gasteiger partial charge in [-0.1, -0.05) is 12.1 Å². The number of ether oxygens (including phenoxy) is 1. The summed E-state index contributed by atoms with van der Waals surface area (Å²) in [5.74, 6) is 1.05. The molecular formula is C18H22N4O3. The quantitative estimate of drug-likeness (QED) is 0.847. The van der Waals surface area contributed by atoms with E-state index < -0.39 is 0 Å². The van der Waals surface area contributed by atoms with E-state index in [9.17, 15) is 9.59 Å². The lowest BCUT2D eigenvalue weighted by Crippen LogP contribution is -2.52. The van der Waals surface area contributed by atoms with E-state index in [-0.39, 0.29) is 17.9 Å². The van der Waals surface area contributed by atoms with Crippen molar-refractivity contribution in [2.24, 2.45) is 7.05 Å². The number of carbonyl (C=O) groups excluding carboxylic acids is 2. The van der Waals surface area contributed by atoms with Crippen LogP contribution in [0, 0.1) is 0 Å². The maximum absolute atomic E-state index is 12.8. The van der Waals surface area contributed by atoms with Gasteiger partial charge in [-0.2, -0.15) is 0 Å². The maximum Gasteiger partial charge on any atom is 0.289 e. The number of hydrogen-bond acceptors (Lipinski definition) is 4. The molecule has 1 aliphatic heterocycles. The Bertz CT molecular complexity index is 769. The van der Waals surface area contributed by atoms with Gasteiger partial charge in [0.15, 0.2) is 5.82 Å². The molecule has 0 unspecified atom stereocenters. The Hall–Kier alpha value is -2.83. The van der Waals surface area contributed by atoms with Crippen LogP contribution in [0.4, 0.5) is 0 Å². The van der Waals surface area contributed by atoms with Crippen LogP contribution in [0.5, 0.6) is 5.75 Å². The lowest BCUT2D eigenvalue weighted by atomic mass is 10.0. The highest BCUT2D eigenvalue weighted by molar-refractivity contribution is 5.91. The van der Waals surface area contributed by atoms with Crippen molar-refractivity contribution >= 4 is 11.8 Å². The van der Waals surface area contributed by atoms with Crippen LogP contribution >= 0.6 is 0 Å². The predicted molar refractivity (Wildman–Crippen MR) is 92.2 cm³/mol. The Morgan fingerprint density at radius 2 is 1.92 bits per heavy atom. The zero-order chi connectivity index (χ0) is 18.0. The Balaban J connectivity index is 1.85. The van der Waals surface area contributed by atoms with E-state index in [2.05, 4.69) is 4.98 Å². The zero-order valence-corrected chi connectivity index (χ0v) is 14.7. The SMILES string of the molecule is COc1ccc([C@@H]2CN(C(=O)c3nccn3C)CCN2C(C)=O)cc1. The topological polar surface area (TPSA) is 67.7 Å². The standard InChI is InChI=1S/C18H22N4O3/c1-13(23)22-11-10-21(18(24)17-19-8-9-20(17)2)12-16(22)14-4-6-15(25-3)7-5-14/h4-9,16H,10-12H2,1-3H3/t16-/m0/s1. The molecule has 1 aromatic heterocycles. The number of methoxy groups -OCH3 is 1. The van der Waals surface area contributed by atoms with E-state index in [4.69, 9.17) is 4.74 Å². The minimum absolute atomic E-state index is 0.00455. The molecule has 0 saturated carbocycles. The van der Waals surface area contributed by atoms with Gasteiger partial charge in [0.2, 0.25) is 5.91 Å². The number of benzene rings is 1. The highest BCUT2D eigenvalue weighted by atomic mass is 16.5. The smallest absolute Gasteiger partial charge is 0.289 e. The van der Waals surface area contributed by atoms with Crippen molar-refractivity contribution < 1.29 is 14.3 Å². The minimum atomic E-state index is -0.179. The van der Waals surface area contributed by atoms with Gasteiger partial charge < -0.3 is 19.1 Å². The van der Waals surface area contributed by atoms with Crippen LogP contribution in [-0.2, 0) is 11.8 Å². The first kappa shape index (κ1) is 17.0. The molecule has 2 amide bonds. The number of imidazole rings is 1. The summed E-state index contributed by atoms with van der Waals surface area (Å²) in [5, 5.41) is 0. The van der Waals surface area contributed by atoms with Crippen LogP contribution in [-0.4, -0.2) is 57.9 Å². The van der Waals surface area contributed by atoms with Crippen molar-refractivity contribution in [3.8, 4) is 5.75 Å². The summed E-state index contributed by atoms with van der Waals surface area (Å²) in [5.41, 5.74) is 0.980. The third-order valence-corrected chi connectivity index (χ3v) is 4.59. The van der Waals surface area contributed by atoms with E-state index >= 15 is 0 Å². The van der Waals surface area contributed by atoms with Crippen molar-refractivity contribution in [3.05, 3.63) is 48.0 Å². The monoisotopic (exact) mass is 342 g/mol. The van der Waals surface area contributed by atoms with Crippen LogP contribution in [0.25, 0.3) is 0 Å². The van der Waals surface area contributed by atoms with Gasteiger partial charge in [-0.3, -0.25) is 9.59 Å². The van der Waals surface area contributed by atoms with E-state index in [1.807, 2.05) is 29.2 Å². The maximum atomic E-state index is 12.8. The molecule has 0 radical (unpaired) electrons. The van der Waals surface area contributed by atoms with Gasteiger partial charge in [0.1, 0.15) is 5.75 Å². The van der Waals surface area contributed by atoms with Gasteiger partial charge in [-0.15, -0.1) is 0 Å². The van der Waals surface area contributed by atoms with Crippen LogP contribution in [0.1, 0.15) is 29.1 Å². The zero-order valence-electron chi connectivity index (χ0n) is 14.7. The molecular weight excluding hydrogens is 320 g/mol. The van der Waals surface area contributed by atoms with Crippen molar-refractivity contribution in [1.29, 1.82) is 0 Å². The summed E-state index contributed by atoms with van der Waals surface area (Å²) < 4.78 is 6.91. The van der Waals surface area contributed by atoms with Gasteiger partial charge >= 0.3 is 0 Å². The molecule has 2 aromatic rings. The van der Waals surface area contributed by atoms with Crippen molar-refractivity contribution in [2.45, 2.75) is 13.0 Å². The van der Waals surface area contributed by atoms with Gasteiger partial charge in [0.25, 0.3) is 5.91 Å². The molecule has 3 rings (SSSR count). The van der Waals surface area contributed by atoms with Crippen molar-refractivity contribution in [2.75, 3.05) is 26.7 Å². The van der Waals surface area contributed by atoms with Gasteiger partial charge in [0, 0.05) is 46.0 Å². The van der Waals surface area contributed by atoms with Crippen LogP contribution in [0.15, 0.2) is 36.7 Å². The first-order chi connectivity index (χ1) is 12.0. The van der Waals surface area contributed by atoms with Gasteiger partial charge in [-0.05, 0) is 17.7 Å². The van der Waals surface area contributed by atoms with Crippen molar-refractivity contribution in [1.82, 2.24) is 19.4 Å². The summed E-state index contributed by atoms with van der Waals surface area (Å²) in [6.07, 6.45) is 3.36. The predicted octanol–water partition coefficient (Wildman–Crippen LogP) is 1.47. The van der Waals surface area contributed by atoms with E-state index in [0.717, 1.165) is 11.3 Å². The number of nitrogens with zero attached hydrogens (tertiary/aromatic N) is 4. The number of aromatic nitrogens is 2. The normalized spacial score (nSPS) is 17.5. The molecule has 0 spiro atoms. The van der Waals surface area contributed by atoms with E-state index in [1.165, 1.54) is 0 Å². The Labute approximate surface area is 146 Å². The summed E-state index contributed by atoms with van der Waals surface area (Å²) >= 11 is 0. The summed E-state index contributed by atoms with van der Waals surface area (Å²) in [7, 11) is 3.41. The first-order valence-electron chi connectivity index (χ1n) is 8.19. The lowest BCUT2D eigenvalue weighted by molar-refractivity contribution is -0.133. The fraction of sp³-hybridized carbons (Fsp3) is 0.389. The number of carbonyl (C=O) groups is 2. The Morgan fingerprint density at radius 3 is 2.48 bits per heavy atom. The number of piperazine rings is 1. The van der Waals surface area contributed by atoms with E-state index in [0.29, 0.717) is 25.5 Å². The fourth-order valence-electron chi connectivity index (χ4n) is 3.17. The minimum Gasteiger partial charge on any atom is -0.497 e. The molecule has 1 atom stereocenters. The molecule has 7 nitrogen and oxygen atoms in total. The molecule has 0 bridgehead atoms. The Morgan fingerprint density at radius 1 is 1.20 bits per heavy atom. The highest BCUT2D eigenvalue weighted by Crippen LogP contribution is 2.27. The molecule has 7 heteroatoms. The molecule has 25 heavy (non-hydrogen) atoms. The molecule has 2 heterocycles. The number of aryl methyl sites for hydroxylation is 1. The highest BCUT2D eigenvalue weighted by Gasteiger charge is 2.33. The summed E-state index contributed by atoms with van der Waals surface area (Å²) in [6, 6.07) is 7.43. The third kappa shape index (κ3) is 3.35. The Kier molecular flexibility index (Phi) is 4.74. The second-order valence-corrected chi connectivity index (χ2v) is 6.11. The molecule has 0 aliphatic carbocycles. The van der Waals surface area contributed by atoms with Crippen LogP contribution in [0.3, 0.4) is 0 Å². The molecule has 132 valence electrons. The molecule has 1 aromatic carbocycles. The third-order valence-electron chi connectivity index (χ3n) is 4.59. The number of rotatable bonds is 3. The molecule has 1 fully saturated rings. The molecule has 1 aliphatic rings. The number of hydrogen-bond donors (Lipinski definition) is 0. The van der Waals surface area contributed by atoms with Crippen molar-refractivity contribution in [3.63, 3.8) is 0 Å². The average Bonchev–Trinajstić information content (AvgIpc) is 3.06. The average molecular weight is 342 g/mol. The summed E-state index contributed by atoms with van der Waals surface area (Å²) in [6.45, 7) is 3.00. The van der Waals surface area contributed by atoms with E-state index in [1.54, 1.807) is 42.9 Å². The van der Waals surface area contributed by atoms with Crippen LogP contribution < -0.4 is 4.74 Å². The number of amides is 2. The molecule has 0 N–H and O–H groups in total. The summed E-state index contributed by atoms with van der Waals surface area (Å²) in [4.78, 5) is 32.5.